The molecule has 0 amide bonds. The van der Waals surface area contributed by atoms with E-state index in [4.69, 9.17) is 9.47 Å². The Hall–Kier alpha value is -3.28. The van der Waals surface area contributed by atoms with Crippen LogP contribution < -0.4 is 20.1 Å². The van der Waals surface area contributed by atoms with E-state index in [0.29, 0.717) is 19.0 Å². The van der Waals surface area contributed by atoms with Gasteiger partial charge in [-0.15, -0.1) is 0 Å². The van der Waals surface area contributed by atoms with Crippen LogP contribution in [-0.2, 0) is 13.1 Å². The van der Waals surface area contributed by atoms with Crippen LogP contribution in [0.3, 0.4) is 0 Å². The van der Waals surface area contributed by atoms with Crippen LogP contribution in [0.2, 0.25) is 0 Å². The van der Waals surface area contributed by atoms with E-state index < -0.39 is 0 Å². The fraction of sp³-hybridized carbons (Fsp3) is 0.200. The van der Waals surface area contributed by atoms with E-state index in [0.717, 1.165) is 22.9 Å². The first-order valence-electron chi connectivity index (χ1n) is 8.52. The predicted octanol–water partition coefficient (Wildman–Crippen LogP) is 3.74. The molecule has 6 nitrogen and oxygen atoms in total. The van der Waals surface area contributed by atoms with Crippen LogP contribution in [0.25, 0.3) is 0 Å². The summed E-state index contributed by atoms with van der Waals surface area (Å²) in [6.07, 6.45) is 1.75. The molecule has 0 atom stereocenters. The van der Waals surface area contributed by atoms with Crippen molar-refractivity contribution < 1.29 is 9.47 Å². The van der Waals surface area contributed by atoms with Gasteiger partial charge in [-0.05, 0) is 41.8 Å². The second-order valence-corrected chi connectivity index (χ2v) is 6.09. The molecule has 0 radical (unpaired) electrons. The molecule has 4 rings (SSSR count). The van der Waals surface area contributed by atoms with Gasteiger partial charge in [0.1, 0.15) is 5.82 Å². The second kappa shape index (κ2) is 7.31. The van der Waals surface area contributed by atoms with Crippen molar-refractivity contribution in [3.8, 4) is 11.5 Å². The molecule has 132 valence electrons. The van der Waals surface area contributed by atoms with Crippen molar-refractivity contribution in [1.29, 1.82) is 0 Å². The van der Waals surface area contributed by atoms with Gasteiger partial charge in [0, 0.05) is 19.3 Å². The fourth-order valence-corrected chi connectivity index (χ4v) is 2.77. The molecule has 26 heavy (non-hydrogen) atoms. The standard InChI is InChI=1S/C20H20N4O2/c1-14-4-2-3-5-16(14)12-23-20-21-9-8-19(24-20)22-11-15-6-7-17-18(10-15)26-13-25-17/h2-10H,11-13H2,1H3,(H2,21,22,23,24). The van der Waals surface area contributed by atoms with E-state index in [1.165, 1.54) is 11.1 Å². The largest absolute Gasteiger partial charge is 0.454 e. The lowest BCUT2D eigenvalue weighted by atomic mass is 10.1. The third-order valence-corrected chi connectivity index (χ3v) is 4.26. The summed E-state index contributed by atoms with van der Waals surface area (Å²) in [7, 11) is 0. The van der Waals surface area contributed by atoms with Gasteiger partial charge >= 0.3 is 0 Å². The highest BCUT2D eigenvalue weighted by molar-refractivity contribution is 5.46. The number of anilines is 2. The number of aryl methyl sites for hydroxylation is 1. The lowest BCUT2D eigenvalue weighted by Gasteiger charge is -2.10. The Morgan fingerprint density at radius 3 is 2.77 bits per heavy atom. The molecule has 0 spiro atoms. The van der Waals surface area contributed by atoms with Gasteiger partial charge in [-0.3, -0.25) is 0 Å². The molecule has 6 heteroatoms. The summed E-state index contributed by atoms with van der Waals surface area (Å²) in [4.78, 5) is 8.80. The molecule has 0 saturated carbocycles. The van der Waals surface area contributed by atoms with Crippen molar-refractivity contribution in [2.45, 2.75) is 20.0 Å². The minimum atomic E-state index is 0.286. The minimum Gasteiger partial charge on any atom is -0.454 e. The molecule has 1 aromatic heterocycles. The highest BCUT2D eigenvalue weighted by atomic mass is 16.7. The molecule has 3 aromatic rings. The topological polar surface area (TPSA) is 68.3 Å². The lowest BCUT2D eigenvalue weighted by molar-refractivity contribution is 0.174. The quantitative estimate of drug-likeness (QED) is 0.707. The summed E-state index contributed by atoms with van der Waals surface area (Å²) in [5, 5.41) is 6.59. The minimum absolute atomic E-state index is 0.286. The van der Waals surface area contributed by atoms with Crippen LogP contribution in [0.15, 0.2) is 54.7 Å². The Morgan fingerprint density at radius 2 is 1.85 bits per heavy atom. The van der Waals surface area contributed by atoms with Gasteiger partial charge in [0.2, 0.25) is 12.7 Å². The zero-order chi connectivity index (χ0) is 17.8. The third-order valence-electron chi connectivity index (χ3n) is 4.26. The number of fused-ring (bicyclic) bond motifs is 1. The van der Waals surface area contributed by atoms with Crippen LogP contribution >= 0.6 is 0 Å². The maximum absolute atomic E-state index is 5.41. The lowest BCUT2D eigenvalue weighted by Crippen LogP contribution is -2.07. The number of rotatable bonds is 6. The number of nitrogens with one attached hydrogen (secondary N) is 2. The van der Waals surface area contributed by atoms with Crippen LogP contribution in [0.4, 0.5) is 11.8 Å². The van der Waals surface area contributed by atoms with Crippen LogP contribution in [0.1, 0.15) is 16.7 Å². The average molecular weight is 348 g/mol. The zero-order valence-electron chi connectivity index (χ0n) is 14.5. The monoisotopic (exact) mass is 348 g/mol. The van der Waals surface area contributed by atoms with Gasteiger partial charge in [0.25, 0.3) is 0 Å². The first-order chi connectivity index (χ1) is 12.8. The van der Waals surface area contributed by atoms with Crippen molar-refractivity contribution in [3.63, 3.8) is 0 Å². The van der Waals surface area contributed by atoms with Gasteiger partial charge in [-0.1, -0.05) is 30.3 Å². The van der Waals surface area contributed by atoms with Gasteiger partial charge in [0.15, 0.2) is 11.5 Å². The van der Waals surface area contributed by atoms with Crippen molar-refractivity contribution in [2.24, 2.45) is 0 Å². The summed E-state index contributed by atoms with van der Waals surface area (Å²) in [6.45, 7) is 3.72. The molecule has 0 saturated heterocycles. The summed E-state index contributed by atoms with van der Waals surface area (Å²) >= 11 is 0. The van der Waals surface area contributed by atoms with E-state index >= 15 is 0 Å². The summed E-state index contributed by atoms with van der Waals surface area (Å²) in [5.74, 6) is 2.94. The highest BCUT2D eigenvalue weighted by Crippen LogP contribution is 2.32. The van der Waals surface area contributed by atoms with Crippen LogP contribution in [0, 0.1) is 6.92 Å². The molecule has 0 unspecified atom stereocenters. The molecule has 1 aliphatic heterocycles. The smallest absolute Gasteiger partial charge is 0.231 e. The van der Waals surface area contributed by atoms with Crippen molar-refractivity contribution in [3.05, 3.63) is 71.4 Å². The SMILES string of the molecule is Cc1ccccc1CNc1nccc(NCc2ccc3c(c2)OCO3)n1. The third kappa shape index (κ3) is 3.69. The predicted molar refractivity (Wildman–Crippen MR) is 100 cm³/mol. The Bertz CT molecular complexity index is 914. The average Bonchev–Trinajstić information content (AvgIpc) is 3.14. The number of nitrogens with zero attached hydrogens (tertiary/aromatic N) is 2. The number of benzene rings is 2. The normalized spacial score (nSPS) is 12.0. The summed E-state index contributed by atoms with van der Waals surface area (Å²) in [5.41, 5.74) is 3.58. The summed E-state index contributed by atoms with van der Waals surface area (Å²) < 4.78 is 10.7. The van der Waals surface area contributed by atoms with Crippen molar-refractivity contribution >= 4 is 11.8 Å². The van der Waals surface area contributed by atoms with Gasteiger partial charge in [-0.25, -0.2) is 4.98 Å². The Labute approximate surface area is 152 Å². The van der Waals surface area contributed by atoms with E-state index in [1.54, 1.807) is 6.20 Å². The molecular weight excluding hydrogens is 328 g/mol. The molecule has 2 aromatic carbocycles. The molecule has 0 fully saturated rings. The van der Waals surface area contributed by atoms with Gasteiger partial charge in [-0.2, -0.15) is 4.98 Å². The molecular formula is C20H20N4O2. The van der Waals surface area contributed by atoms with Crippen molar-refractivity contribution in [2.75, 3.05) is 17.4 Å². The number of aromatic nitrogens is 2. The van der Waals surface area contributed by atoms with Gasteiger partial charge in [0.05, 0.1) is 0 Å². The Kier molecular flexibility index (Phi) is 4.55. The Morgan fingerprint density at radius 1 is 0.962 bits per heavy atom. The van der Waals surface area contributed by atoms with E-state index in [-0.39, 0.29) is 6.79 Å². The van der Waals surface area contributed by atoms with Crippen LogP contribution in [0.5, 0.6) is 11.5 Å². The number of hydrogen-bond acceptors (Lipinski definition) is 6. The van der Waals surface area contributed by atoms with E-state index in [1.807, 2.05) is 36.4 Å². The number of ether oxygens (including phenoxy) is 2. The highest BCUT2D eigenvalue weighted by Gasteiger charge is 2.13. The molecule has 1 aliphatic rings. The zero-order valence-corrected chi connectivity index (χ0v) is 14.5. The maximum atomic E-state index is 5.41. The molecule has 2 heterocycles. The Balaban J connectivity index is 1.37. The fourth-order valence-electron chi connectivity index (χ4n) is 2.77. The van der Waals surface area contributed by atoms with Crippen molar-refractivity contribution in [1.82, 2.24) is 9.97 Å². The first-order valence-corrected chi connectivity index (χ1v) is 8.52. The van der Waals surface area contributed by atoms with E-state index in [2.05, 4.69) is 39.7 Å². The van der Waals surface area contributed by atoms with E-state index in [9.17, 15) is 0 Å². The molecule has 2 N–H and O–H groups in total. The maximum Gasteiger partial charge on any atom is 0.231 e. The summed E-state index contributed by atoms with van der Waals surface area (Å²) in [6, 6.07) is 16.0. The molecule has 0 aliphatic carbocycles. The van der Waals surface area contributed by atoms with Gasteiger partial charge < -0.3 is 20.1 Å². The number of hydrogen-bond donors (Lipinski definition) is 2. The molecule has 0 bridgehead atoms. The first kappa shape index (κ1) is 16.2. The second-order valence-electron chi connectivity index (χ2n) is 6.09. The van der Waals surface area contributed by atoms with Crippen LogP contribution in [-0.4, -0.2) is 16.8 Å².